The average molecular weight is 209 g/mol. The van der Waals surface area contributed by atoms with Gasteiger partial charge in [-0.05, 0) is 32.0 Å². The van der Waals surface area contributed by atoms with Crippen LogP contribution < -0.4 is 9.47 Å². The summed E-state index contributed by atoms with van der Waals surface area (Å²) in [5.41, 5.74) is 0.768. The first-order valence-corrected chi connectivity index (χ1v) is 4.88. The summed E-state index contributed by atoms with van der Waals surface area (Å²) in [5.74, 6) is 1.37. The second-order valence-electron chi connectivity index (χ2n) is 2.82. The van der Waals surface area contributed by atoms with Gasteiger partial charge in [-0.3, -0.25) is 0 Å². The molecule has 0 amide bonds. The molecule has 0 aromatic heterocycles. The molecule has 0 saturated carbocycles. The minimum Gasteiger partial charge on any atom is -0.490 e. The summed E-state index contributed by atoms with van der Waals surface area (Å²) < 4.78 is 10.8. The van der Waals surface area contributed by atoms with Gasteiger partial charge in [-0.1, -0.05) is 5.16 Å². The number of hydrogen-bond donors (Lipinski definition) is 1. The van der Waals surface area contributed by atoms with E-state index in [-0.39, 0.29) is 0 Å². The lowest BCUT2D eigenvalue weighted by Gasteiger charge is -2.10. The molecular weight excluding hydrogens is 194 g/mol. The third kappa shape index (κ3) is 3.16. The van der Waals surface area contributed by atoms with Crippen LogP contribution in [0.2, 0.25) is 0 Å². The van der Waals surface area contributed by atoms with Crippen LogP contribution in [0.25, 0.3) is 0 Å². The van der Waals surface area contributed by atoms with Gasteiger partial charge in [0.25, 0.3) is 0 Å². The largest absolute Gasteiger partial charge is 0.490 e. The molecule has 0 bridgehead atoms. The summed E-state index contributed by atoms with van der Waals surface area (Å²) in [6, 6.07) is 5.37. The Bertz CT molecular complexity index is 337. The van der Waals surface area contributed by atoms with E-state index in [1.165, 1.54) is 6.21 Å². The predicted molar refractivity (Wildman–Crippen MR) is 58.2 cm³/mol. The fourth-order valence-electron chi connectivity index (χ4n) is 1.21. The molecule has 0 aliphatic carbocycles. The standard InChI is InChI=1S/C11H15NO3/c1-3-14-10-6-5-9(8-12-13)7-11(10)15-4-2/h5-8,13H,3-4H2,1-2H3/b12-8+. The number of oxime groups is 1. The van der Waals surface area contributed by atoms with E-state index in [9.17, 15) is 0 Å². The number of ether oxygens (including phenoxy) is 2. The SMILES string of the molecule is CCOc1ccc(/C=N/O)cc1OCC. The molecule has 0 atom stereocenters. The zero-order chi connectivity index (χ0) is 11.1. The lowest BCUT2D eigenvalue weighted by atomic mass is 10.2. The van der Waals surface area contributed by atoms with Gasteiger partial charge in [0.15, 0.2) is 11.5 Å². The number of hydrogen-bond acceptors (Lipinski definition) is 4. The van der Waals surface area contributed by atoms with Crippen molar-refractivity contribution in [2.24, 2.45) is 5.16 Å². The third-order valence-corrected chi connectivity index (χ3v) is 1.77. The van der Waals surface area contributed by atoms with E-state index in [1.807, 2.05) is 13.8 Å². The second kappa shape index (κ2) is 5.90. The topological polar surface area (TPSA) is 51.0 Å². The van der Waals surface area contributed by atoms with Crippen LogP contribution in [-0.2, 0) is 0 Å². The Kier molecular flexibility index (Phi) is 4.47. The molecule has 0 spiro atoms. The molecule has 0 saturated heterocycles. The third-order valence-electron chi connectivity index (χ3n) is 1.77. The van der Waals surface area contributed by atoms with Gasteiger partial charge in [-0.15, -0.1) is 0 Å². The highest BCUT2D eigenvalue weighted by atomic mass is 16.5. The molecule has 4 nitrogen and oxygen atoms in total. The van der Waals surface area contributed by atoms with E-state index in [2.05, 4.69) is 5.16 Å². The molecule has 0 heterocycles. The van der Waals surface area contributed by atoms with Crippen LogP contribution in [0, 0.1) is 0 Å². The maximum atomic E-state index is 8.41. The van der Waals surface area contributed by atoms with Crippen LogP contribution >= 0.6 is 0 Å². The maximum Gasteiger partial charge on any atom is 0.161 e. The first-order valence-electron chi connectivity index (χ1n) is 4.88. The Labute approximate surface area is 89.1 Å². The van der Waals surface area contributed by atoms with Gasteiger partial charge in [0, 0.05) is 5.56 Å². The highest BCUT2D eigenvalue weighted by molar-refractivity contribution is 5.80. The van der Waals surface area contributed by atoms with Crippen molar-refractivity contribution >= 4 is 6.21 Å². The molecule has 0 unspecified atom stereocenters. The number of nitrogens with zero attached hydrogens (tertiary/aromatic N) is 1. The zero-order valence-corrected chi connectivity index (χ0v) is 8.93. The Morgan fingerprint density at radius 1 is 1.20 bits per heavy atom. The van der Waals surface area contributed by atoms with E-state index in [0.29, 0.717) is 24.7 Å². The Balaban J connectivity index is 2.97. The quantitative estimate of drug-likeness (QED) is 0.460. The molecule has 1 N–H and O–H groups in total. The van der Waals surface area contributed by atoms with Gasteiger partial charge in [0.05, 0.1) is 19.4 Å². The molecule has 1 aromatic carbocycles. The van der Waals surface area contributed by atoms with Gasteiger partial charge in [-0.25, -0.2) is 0 Å². The minimum absolute atomic E-state index is 0.569. The lowest BCUT2D eigenvalue weighted by molar-refractivity contribution is 0.287. The molecule has 0 aliphatic heterocycles. The van der Waals surface area contributed by atoms with Gasteiger partial charge >= 0.3 is 0 Å². The maximum absolute atomic E-state index is 8.41. The van der Waals surface area contributed by atoms with E-state index in [4.69, 9.17) is 14.7 Å². The monoisotopic (exact) mass is 209 g/mol. The van der Waals surface area contributed by atoms with E-state index in [1.54, 1.807) is 18.2 Å². The van der Waals surface area contributed by atoms with E-state index < -0.39 is 0 Å². The predicted octanol–water partition coefficient (Wildman–Crippen LogP) is 2.29. The molecule has 15 heavy (non-hydrogen) atoms. The number of benzene rings is 1. The number of rotatable bonds is 5. The molecule has 82 valence electrons. The van der Waals surface area contributed by atoms with Crippen molar-refractivity contribution in [3.8, 4) is 11.5 Å². The van der Waals surface area contributed by atoms with Crippen molar-refractivity contribution in [3.63, 3.8) is 0 Å². The molecule has 1 aromatic rings. The second-order valence-corrected chi connectivity index (χ2v) is 2.82. The highest BCUT2D eigenvalue weighted by Crippen LogP contribution is 2.27. The van der Waals surface area contributed by atoms with Gasteiger partial charge in [-0.2, -0.15) is 0 Å². The molecule has 0 aliphatic rings. The van der Waals surface area contributed by atoms with Gasteiger partial charge in [0.1, 0.15) is 0 Å². The molecule has 1 rings (SSSR count). The van der Waals surface area contributed by atoms with Crippen LogP contribution in [0.1, 0.15) is 19.4 Å². The average Bonchev–Trinajstić information content (AvgIpc) is 2.23. The Morgan fingerprint density at radius 3 is 2.47 bits per heavy atom. The van der Waals surface area contributed by atoms with E-state index in [0.717, 1.165) is 5.56 Å². The van der Waals surface area contributed by atoms with Crippen LogP contribution in [0.4, 0.5) is 0 Å². The van der Waals surface area contributed by atoms with Crippen molar-refractivity contribution in [3.05, 3.63) is 23.8 Å². The smallest absolute Gasteiger partial charge is 0.161 e. The van der Waals surface area contributed by atoms with E-state index >= 15 is 0 Å². The molecule has 0 radical (unpaired) electrons. The lowest BCUT2D eigenvalue weighted by Crippen LogP contribution is -1.99. The van der Waals surface area contributed by atoms with Crippen molar-refractivity contribution < 1.29 is 14.7 Å². The molecule has 0 fully saturated rings. The van der Waals surface area contributed by atoms with Crippen LogP contribution in [0.3, 0.4) is 0 Å². The van der Waals surface area contributed by atoms with Crippen molar-refractivity contribution in [2.45, 2.75) is 13.8 Å². The first-order chi connectivity index (χ1) is 7.31. The van der Waals surface area contributed by atoms with Crippen LogP contribution in [0.5, 0.6) is 11.5 Å². The first kappa shape index (κ1) is 11.4. The Morgan fingerprint density at radius 2 is 1.87 bits per heavy atom. The van der Waals surface area contributed by atoms with Crippen LogP contribution in [0.15, 0.2) is 23.4 Å². The molecular formula is C11H15NO3. The summed E-state index contributed by atoms with van der Waals surface area (Å²) in [6.07, 6.45) is 1.35. The van der Waals surface area contributed by atoms with Crippen molar-refractivity contribution in [2.75, 3.05) is 13.2 Å². The highest BCUT2D eigenvalue weighted by Gasteiger charge is 2.04. The summed E-state index contributed by atoms with van der Waals surface area (Å²) >= 11 is 0. The minimum atomic E-state index is 0.569. The van der Waals surface area contributed by atoms with Gasteiger partial charge < -0.3 is 14.7 Å². The van der Waals surface area contributed by atoms with Gasteiger partial charge in [0.2, 0.25) is 0 Å². The van der Waals surface area contributed by atoms with Crippen molar-refractivity contribution in [1.82, 2.24) is 0 Å². The van der Waals surface area contributed by atoms with Crippen LogP contribution in [-0.4, -0.2) is 24.6 Å². The summed E-state index contributed by atoms with van der Waals surface area (Å²) in [6.45, 7) is 4.98. The van der Waals surface area contributed by atoms with Crippen molar-refractivity contribution in [1.29, 1.82) is 0 Å². The fraction of sp³-hybridized carbons (Fsp3) is 0.364. The fourth-order valence-corrected chi connectivity index (χ4v) is 1.21. The summed E-state index contributed by atoms with van der Waals surface area (Å²) in [4.78, 5) is 0. The zero-order valence-electron chi connectivity index (χ0n) is 8.93. The normalized spacial score (nSPS) is 10.5. The summed E-state index contributed by atoms with van der Waals surface area (Å²) in [5, 5.41) is 11.4. The molecule has 4 heteroatoms. The Hall–Kier alpha value is -1.71. The summed E-state index contributed by atoms with van der Waals surface area (Å²) in [7, 11) is 0.